The van der Waals surface area contributed by atoms with Gasteiger partial charge in [0.05, 0.1) is 5.69 Å². The van der Waals surface area contributed by atoms with Crippen molar-refractivity contribution in [2.75, 3.05) is 10.6 Å². The maximum absolute atomic E-state index is 11.8. The van der Waals surface area contributed by atoms with Crippen molar-refractivity contribution in [3.8, 4) is 5.75 Å². The normalized spacial score (nSPS) is 15.8. The summed E-state index contributed by atoms with van der Waals surface area (Å²) >= 11 is 0. The van der Waals surface area contributed by atoms with E-state index in [1.165, 1.54) is 6.07 Å². The lowest BCUT2D eigenvalue weighted by Gasteiger charge is -2.31. The van der Waals surface area contributed by atoms with E-state index in [0.29, 0.717) is 17.1 Å². The molecule has 0 bridgehead atoms. The van der Waals surface area contributed by atoms with Gasteiger partial charge in [-0.3, -0.25) is 9.59 Å². The third-order valence-electron chi connectivity index (χ3n) is 2.78. The molecule has 0 unspecified atom stereocenters. The second-order valence-electron chi connectivity index (χ2n) is 4.94. The molecule has 1 aliphatic rings. The number of carboxylic acid groups (broad SMARTS) is 1. The molecule has 0 aromatic heterocycles. The Bertz CT molecular complexity index is 649. The minimum Gasteiger partial charge on any atom is -0.478 e. The van der Waals surface area contributed by atoms with Gasteiger partial charge >= 0.3 is 5.97 Å². The molecule has 0 radical (unpaired) electrons. The number of nitrogens with one attached hydrogen (secondary N) is 2. The number of hydrogen-bond donors (Lipinski definition) is 3. The monoisotopic (exact) mass is 290 g/mol. The molecule has 2 rings (SSSR count). The Balaban J connectivity index is 2.16. The molecule has 0 saturated heterocycles. The summed E-state index contributed by atoms with van der Waals surface area (Å²) in [7, 11) is 0. The van der Waals surface area contributed by atoms with Gasteiger partial charge in [-0.2, -0.15) is 0 Å². The quantitative estimate of drug-likeness (QED) is 0.729. The Morgan fingerprint density at radius 3 is 2.71 bits per heavy atom. The topological polar surface area (TPSA) is 105 Å². The SMILES string of the molecule is CC1(C)Oc2ccc(NC(=O)/C=C/C(=O)O)cc2NC1=O. The molecule has 1 heterocycles. The van der Waals surface area contributed by atoms with E-state index in [9.17, 15) is 14.4 Å². The van der Waals surface area contributed by atoms with E-state index in [4.69, 9.17) is 9.84 Å². The molecule has 7 nitrogen and oxygen atoms in total. The van der Waals surface area contributed by atoms with Gasteiger partial charge in [0.25, 0.3) is 5.91 Å². The van der Waals surface area contributed by atoms with Crippen LogP contribution in [0.25, 0.3) is 0 Å². The number of fused-ring (bicyclic) bond motifs is 1. The first kappa shape index (κ1) is 14.6. The highest BCUT2D eigenvalue weighted by Gasteiger charge is 2.35. The second-order valence-corrected chi connectivity index (χ2v) is 4.94. The predicted molar refractivity (Wildman–Crippen MR) is 75.2 cm³/mol. The Morgan fingerprint density at radius 2 is 2.05 bits per heavy atom. The average molecular weight is 290 g/mol. The Labute approximate surface area is 120 Å². The lowest BCUT2D eigenvalue weighted by molar-refractivity contribution is -0.131. The van der Waals surface area contributed by atoms with Gasteiger partial charge in [0, 0.05) is 17.8 Å². The summed E-state index contributed by atoms with van der Waals surface area (Å²) < 4.78 is 5.55. The van der Waals surface area contributed by atoms with Crippen LogP contribution in [-0.4, -0.2) is 28.5 Å². The lowest BCUT2D eigenvalue weighted by Crippen LogP contribution is -2.45. The molecule has 2 amide bonds. The van der Waals surface area contributed by atoms with Crippen LogP contribution < -0.4 is 15.4 Å². The van der Waals surface area contributed by atoms with Crippen LogP contribution in [0.1, 0.15) is 13.8 Å². The van der Waals surface area contributed by atoms with E-state index in [-0.39, 0.29) is 5.91 Å². The molecule has 1 aromatic rings. The minimum absolute atomic E-state index is 0.288. The van der Waals surface area contributed by atoms with Crippen LogP contribution in [0.5, 0.6) is 5.75 Å². The molecule has 0 aliphatic carbocycles. The summed E-state index contributed by atoms with van der Waals surface area (Å²) in [6.45, 7) is 3.30. The van der Waals surface area contributed by atoms with Crippen LogP contribution in [0, 0.1) is 0 Å². The van der Waals surface area contributed by atoms with Crippen molar-refractivity contribution < 1.29 is 24.2 Å². The number of aliphatic carboxylic acids is 1. The van der Waals surface area contributed by atoms with Crippen LogP contribution in [0.15, 0.2) is 30.4 Å². The first-order valence-corrected chi connectivity index (χ1v) is 6.14. The van der Waals surface area contributed by atoms with Crippen molar-refractivity contribution in [1.82, 2.24) is 0 Å². The molecular weight excluding hydrogens is 276 g/mol. The predicted octanol–water partition coefficient (Wildman–Crippen LogP) is 1.38. The van der Waals surface area contributed by atoms with Crippen LogP contribution in [-0.2, 0) is 14.4 Å². The maximum atomic E-state index is 11.8. The number of amides is 2. The fourth-order valence-electron chi connectivity index (χ4n) is 1.72. The van der Waals surface area contributed by atoms with Crippen LogP contribution in [0.2, 0.25) is 0 Å². The van der Waals surface area contributed by atoms with E-state index >= 15 is 0 Å². The van der Waals surface area contributed by atoms with Crippen molar-refractivity contribution in [3.63, 3.8) is 0 Å². The van der Waals surface area contributed by atoms with Crippen molar-refractivity contribution in [1.29, 1.82) is 0 Å². The first-order valence-electron chi connectivity index (χ1n) is 6.14. The summed E-state index contributed by atoms with van der Waals surface area (Å²) in [6, 6.07) is 4.75. The fraction of sp³-hybridized carbons (Fsp3) is 0.214. The summed E-state index contributed by atoms with van der Waals surface area (Å²) in [5.41, 5.74) is -0.0983. The van der Waals surface area contributed by atoms with Gasteiger partial charge in [0.2, 0.25) is 5.91 Å². The van der Waals surface area contributed by atoms with Crippen molar-refractivity contribution in [2.24, 2.45) is 0 Å². The molecule has 3 N–H and O–H groups in total. The van der Waals surface area contributed by atoms with E-state index in [1.807, 2.05) is 0 Å². The number of carbonyl (C=O) groups is 3. The molecule has 7 heteroatoms. The Morgan fingerprint density at radius 1 is 1.33 bits per heavy atom. The molecule has 0 fully saturated rings. The van der Waals surface area contributed by atoms with Crippen molar-refractivity contribution in [3.05, 3.63) is 30.4 Å². The third kappa shape index (κ3) is 3.38. The lowest BCUT2D eigenvalue weighted by atomic mass is 10.1. The number of carboxylic acids is 1. The number of hydrogen-bond acceptors (Lipinski definition) is 4. The van der Waals surface area contributed by atoms with Gasteiger partial charge in [-0.05, 0) is 32.0 Å². The summed E-state index contributed by atoms with van der Waals surface area (Å²) in [5.74, 6) is -1.58. The summed E-state index contributed by atoms with van der Waals surface area (Å²) in [6.07, 6.45) is 1.64. The molecular formula is C14H14N2O5. The van der Waals surface area contributed by atoms with E-state index in [2.05, 4.69) is 10.6 Å². The minimum atomic E-state index is -1.21. The van der Waals surface area contributed by atoms with Crippen LogP contribution in [0.3, 0.4) is 0 Å². The van der Waals surface area contributed by atoms with Gasteiger partial charge in [0.1, 0.15) is 5.75 Å². The van der Waals surface area contributed by atoms with Crippen LogP contribution >= 0.6 is 0 Å². The Hall–Kier alpha value is -2.83. The van der Waals surface area contributed by atoms with Crippen molar-refractivity contribution >= 4 is 29.2 Å². The van der Waals surface area contributed by atoms with Gasteiger partial charge in [-0.15, -0.1) is 0 Å². The second kappa shape index (κ2) is 5.28. The van der Waals surface area contributed by atoms with Gasteiger partial charge < -0.3 is 20.5 Å². The van der Waals surface area contributed by atoms with E-state index < -0.39 is 17.5 Å². The number of anilines is 2. The van der Waals surface area contributed by atoms with Gasteiger partial charge in [0.15, 0.2) is 5.60 Å². The zero-order chi connectivity index (χ0) is 15.6. The molecule has 110 valence electrons. The highest BCUT2D eigenvalue weighted by Crippen LogP contribution is 2.35. The zero-order valence-electron chi connectivity index (χ0n) is 11.5. The molecule has 0 atom stereocenters. The average Bonchev–Trinajstić information content (AvgIpc) is 2.38. The standard InChI is InChI=1S/C14H14N2O5/c1-14(2)13(20)16-9-7-8(3-4-10(9)21-14)15-11(17)5-6-12(18)19/h3-7H,1-2H3,(H,15,17)(H,16,20)(H,18,19)/b6-5+. The number of benzene rings is 1. The fourth-order valence-corrected chi connectivity index (χ4v) is 1.72. The molecule has 0 saturated carbocycles. The van der Waals surface area contributed by atoms with Crippen LogP contribution in [0.4, 0.5) is 11.4 Å². The molecule has 0 spiro atoms. The van der Waals surface area contributed by atoms with Gasteiger partial charge in [-0.25, -0.2) is 4.79 Å². The largest absolute Gasteiger partial charge is 0.478 e. The number of ether oxygens (including phenoxy) is 1. The Kier molecular flexibility index (Phi) is 3.66. The highest BCUT2D eigenvalue weighted by atomic mass is 16.5. The van der Waals surface area contributed by atoms with Crippen molar-refractivity contribution in [2.45, 2.75) is 19.4 Å². The molecule has 1 aromatic carbocycles. The highest BCUT2D eigenvalue weighted by molar-refractivity contribution is 6.04. The van der Waals surface area contributed by atoms with E-state index in [0.717, 1.165) is 12.2 Å². The summed E-state index contributed by atoms with van der Waals surface area (Å²) in [4.78, 5) is 33.6. The number of carbonyl (C=O) groups excluding carboxylic acids is 2. The zero-order valence-corrected chi connectivity index (χ0v) is 11.5. The maximum Gasteiger partial charge on any atom is 0.328 e. The molecule has 21 heavy (non-hydrogen) atoms. The molecule has 1 aliphatic heterocycles. The number of rotatable bonds is 3. The van der Waals surface area contributed by atoms with Gasteiger partial charge in [-0.1, -0.05) is 0 Å². The summed E-state index contributed by atoms with van der Waals surface area (Å²) in [5, 5.41) is 13.6. The smallest absolute Gasteiger partial charge is 0.328 e. The first-order chi connectivity index (χ1) is 9.78. The third-order valence-corrected chi connectivity index (χ3v) is 2.78. The van der Waals surface area contributed by atoms with E-state index in [1.54, 1.807) is 26.0 Å².